The molecule has 148 valence electrons. The van der Waals surface area contributed by atoms with Gasteiger partial charge in [-0.3, -0.25) is 4.79 Å². The van der Waals surface area contributed by atoms with E-state index in [9.17, 15) is 4.79 Å². The number of piperidine rings is 1. The molecule has 4 rings (SSSR count). The molecule has 3 aromatic rings. The van der Waals surface area contributed by atoms with Gasteiger partial charge in [-0.25, -0.2) is 9.97 Å². The molecule has 0 radical (unpaired) electrons. The lowest BCUT2D eigenvalue weighted by atomic mass is 9.95. The van der Waals surface area contributed by atoms with Gasteiger partial charge >= 0.3 is 0 Å². The number of anilines is 1. The molecule has 1 fully saturated rings. The number of aromatic nitrogens is 2. The van der Waals surface area contributed by atoms with E-state index in [1.54, 1.807) is 6.33 Å². The van der Waals surface area contributed by atoms with E-state index < -0.39 is 0 Å². The summed E-state index contributed by atoms with van der Waals surface area (Å²) in [6.45, 7) is 7.52. The lowest BCUT2D eigenvalue weighted by Gasteiger charge is -2.34. The van der Waals surface area contributed by atoms with Crippen LogP contribution in [-0.4, -0.2) is 47.0 Å². The van der Waals surface area contributed by atoms with Gasteiger partial charge in [0.2, 0.25) is 5.91 Å². The summed E-state index contributed by atoms with van der Waals surface area (Å²) in [5, 5.41) is 1.01. The highest BCUT2D eigenvalue weighted by molar-refractivity contribution is 6.05. The van der Waals surface area contributed by atoms with Crippen molar-refractivity contribution in [1.82, 2.24) is 14.9 Å². The standard InChI is InChI=1S/C22H28N4O2/c1-3-5-12-25(4-2)22(27)16-10-13-26(14-11-16)21-20-19(23-15-24-21)17-8-6-7-9-18(17)28-20/h6-9,15-16H,3-5,10-14H2,1-2H3. The second kappa shape index (κ2) is 8.17. The number of amides is 1. The molecule has 6 heteroatoms. The van der Waals surface area contributed by atoms with E-state index in [4.69, 9.17) is 4.42 Å². The molecule has 1 saturated heterocycles. The first-order chi connectivity index (χ1) is 13.7. The molecule has 2 aromatic heterocycles. The highest BCUT2D eigenvalue weighted by Gasteiger charge is 2.29. The van der Waals surface area contributed by atoms with Crippen molar-refractivity contribution in [2.75, 3.05) is 31.1 Å². The van der Waals surface area contributed by atoms with Crippen LogP contribution in [0.25, 0.3) is 22.1 Å². The van der Waals surface area contributed by atoms with Crippen LogP contribution in [0.3, 0.4) is 0 Å². The first-order valence-corrected chi connectivity index (χ1v) is 10.4. The number of benzene rings is 1. The molecule has 0 atom stereocenters. The summed E-state index contributed by atoms with van der Waals surface area (Å²) in [6.07, 6.45) is 5.51. The number of unbranched alkanes of at least 4 members (excludes halogenated alkanes) is 1. The largest absolute Gasteiger partial charge is 0.450 e. The Labute approximate surface area is 165 Å². The molecular formula is C22H28N4O2. The van der Waals surface area contributed by atoms with Crippen LogP contribution in [0.4, 0.5) is 5.82 Å². The first-order valence-electron chi connectivity index (χ1n) is 10.4. The maximum atomic E-state index is 12.9. The molecule has 0 bridgehead atoms. The third-order valence-electron chi connectivity index (χ3n) is 5.76. The van der Waals surface area contributed by atoms with E-state index in [0.717, 1.165) is 79.7 Å². The Morgan fingerprint density at radius 3 is 2.75 bits per heavy atom. The van der Waals surface area contributed by atoms with Crippen LogP contribution < -0.4 is 4.90 Å². The third-order valence-corrected chi connectivity index (χ3v) is 5.76. The maximum Gasteiger partial charge on any atom is 0.225 e. The lowest BCUT2D eigenvalue weighted by molar-refractivity contribution is -0.136. The average Bonchev–Trinajstić information content (AvgIpc) is 3.13. The molecule has 1 aromatic carbocycles. The van der Waals surface area contributed by atoms with Crippen molar-refractivity contribution in [2.24, 2.45) is 5.92 Å². The SMILES string of the molecule is CCCCN(CC)C(=O)C1CCN(c2ncnc3c2oc2ccccc23)CC1. The summed E-state index contributed by atoms with van der Waals surface area (Å²) in [7, 11) is 0. The quantitative estimate of drug-likeness (QED) is 0.640. The summed E-state index contributed by atoms with van der Waals surface area (Å²) < 4.78 is 6.07. The van der Waals surface area contributed by atoms with Crippen molar-refractivity contribution >= 4 is 33.8 Å². The molecule has 28 heavy (non-hydrogen) atoms. The lowest BCUT2D eigenvalue weighted by Crippen LogP contribution is -2.43. The fourth-order valence-electron chi connectivity index (χ4n) is 4.11. The van der Waals surface area contributed by atoms with E-state index >= 15 is 0 Å². The second-order valence-corrected chi connectivity index (χ2v) is 7.51. The molecule has 3 heterocycles. The Kier molecular flexibility index (Phi) is 5.46. The van der Waals surface area contributed by atoms with E-state index in [1.165, 1.54) is 0 Å². The number of carbonyl (C=O) groups is 1. The summed E-state index contributed by atoms with van der Waals surface area (Å²) in [4.78, 5) is 26.1. The van der Waals surface area contributed by atoms with Gasteiger partial charge < -0.3 is 14.2 Å². The molecule has 1 aliphatic rings. The number of furan rings is 1. The molecule has 6 nitrogen and oxygen atoms in total. The minimum Gasteiger partial charge on any atom is -0.450 e. The number of para-hydroxylation sites is 1. The summed E-state index contributed by atoms with van der Waals surface area (Å²) in [5.41, 5.74) is 2.43. The Morgan fingerprint density at radius 1 is 1.21 bits per heavy atom. The van der Waals surface area contributed by atoms with Gasteiger partial charge in [0.25, 0.3) is 0 Å². The molecule has 1 amide bonds. The highest BCUT2D eigenvalue weighted by atomic mass is 16.3. The predicted molar refractivity (Wildman–Crippen MR) is 111 cm³/mol. The molecular weight excluding hydrogens is 352 g/mol. The molecule has 0 saturated carbocycles. The van der Waals surface area contributed by atoms with Gasteiger partial charge in [-0.15, -0.1) is 0 Å². The van der Waals surface area contributed by atoms with E-state index in [-0.39, 0.29) is 5.92 Å². The maximum absolute atomic E-state index is 12.9. The molecule has 0 unspecified atom stereocenters. The molecule has 0 spiro atoms. The van der Waals surface area contributed by atoms with Crippen LogP contribution >= 0.6 is 0 Å². The number of hydrogen-bond acceptors (Lipinski definition) is 5. The Morgan fingerprint density at radius 2 is 2.00 bits per heavy atom. The van der Waals surface area contributed by atoms with Gasteiger partial charge in [0.05, 0.1) is 0 Å². The zero-order chi connectivity index (χ0) is 19.5. The molecule has 0 N–H and O–H groups in total. The van der Waals surface area contributed by atoms with Gasteiger partial charge in [-0.1, -0.05) is 25.5 Å². The van der Waals surface area contributed by atoms with E-state index in [2.05, 4.69) is 28.7 Å². The van der Waals surface area contributed by atoms with Crippen molar-refractivity contribution in [1.29, 1.82) is 0 Å². The Balaban J connectivity index is 1.50. The fraction of sp³-hybridized carbons (Fsp3) is 0.500. The van der Waals surface area contributed by atoms with Gasteiger partial charge in [0.1, 0.15) is 17.4 Å². The topological polar surface area (TPSA) is 62.5 Å². The monoisotopic (exact) mass is 380 g/mol. The second-order valence-electron chi connectivity index (χ2n) is 7.51. The minimum absolute atomic E-state index is 0.112. The van der Waals surface area contributed by atoms with E-state index in [1.807, 2.05) is 29.2 Å². The summed E-state index contributed by atoms with van der Waals surface area (Å²) >= 11 is 0. The predicted octanol–water partition coefficient (Wildman–Crippen LogP) is 4.24. The summed E-state index contributed by atoms with van der Waals surface area (Å²) in [6, 6.07) is 7.95. The Hall–Kier alpha value is -2.63. The van der Waals surface area contributed by atoms with Gasteiger partial charge in [0.15, 0.2) is 11.4 Å². The van der Waals surface area contributed by atoms with Crippen LogP contribution in [0.5, 0.6) is 0 Å². The number of carbonyl (C=O) groups excluding carboxylic acids is 1. The minimum atomic E-state index is 0.112. The van der Waals surface area contributed by atoms with Crippen LogP contribution in [0.15, 0.2) is 35.0 Å². The summed E-state index contributed by atoms with van der Waals surface area (Å²) in [5.74, 6) is 1.26. The van der Waals surface area contributed by atoms with Crippen LogP contribution in [0.2, 0.25) is 0 Å². The fourth-order valence-corrected chi connectivity index (χ4v) is 4.11. The smallest absolute Gasteiger partial charge is 0.225 e. The average molecular weight is 380 g/mol. The van der Waals surface area contributed by atoms with Crippen LogP contribution in [0, 0.1) is 5.92 Å². The van der Waals surface area contributed by atoms with Crippen molar-refractivity contribution < 1.29 is 9.21 Å². The van der Waals surface area contributed by atoms with Crippen molar-refractivity contribution in [3.05, 3.63) is 30.6 Å². The van der Waals surface area contributed by atoms with Gasteiger partial charge in [-0.05, 0) is 38.3 Å². The number of rotatable bonds is 6. The van der Waals surface area contributed by atoms with Gasteiger partial charge in [0, 0.05) is 37.5 Å². The Bertz CT molecular complexity index is 959. The van der Waals surface area contributed by atoms with E-state index in [0.29, 0.717) is 5.91 Å². The molecule has 1 aliphatic heterocycles. The number of hydrogen-bond donors (Lipinski definition) is 0. The van der Waals surface area contributed by atoms with Crippen molar-refractivity contribution in [3.63, 3.8) is 0 Å². The highest BCUT2D eigenvalue weighted by Crippen LogP contribution is 2.33. The number of fused-ring (bicyclic) bond motifs is 3. The molecule has 0 aliphatic carbocycles. The van der Waals surface area contributed by atoms with Crippen molar-refractivity contribution in [2.45, 2.75) is 39.5 Å². The first kappa shape index (κ1) is 18.7. The third kappa shape index (κ3) is 3.43. The zero-order valence-electron chi connectivity index (χ0n) is 16.7. The van der Waals surface area contributed by atoms with Crippen LogP contribution in [0.1, 0.15) is 39.5 Å². The normalized spacial score (nSPS) is 15.4. The van der Waals surface area contributed by atoms with Crippen molar-refractivity contribution in [3.8, 4) is 0 Å². The van der Waals surface area contributed by atoms with Crippen LogP contribution in [-0.2, 0) is 4.79 Å². The van der Waals surface area contributed by atoms with Gasteiger partial charge in [-0.2, -0.15) is 0 Å². The zero-order valence-corrected chi connectivity index (χ0v) is 16.7. The number of nitrogens with zero attached hydrogens (tertiary/aromatic N) is 4.